The largest absolute Gasteiger partial charge is 0.394 e. The van der Waals surface area contributed by atoms with E-state index in [0.29, 0.717) is 0 Å². The number of hydrogen-bond donors (Lipinski definition) is 1. The minimum Gasteiger partial charge on any atom is -0.394 e. The number of alkyl halides is 1. The third-order valence-corrected chi connectivity index (χ3v) is 3.42. The lowest BCUT2D eigenvalue weighted by Crippen LogP contribution is -2.08. The van der Waals surface area contributed by atoms with Crippen LogP contribution in [0, 0.1) is 0 Å². The lowest BCUT2D eigenvalue weighted by Gasteiger charge is -2.10. The Kier molecular flexibility index (Phi) is 10.8. The van der Waals surface area contributed by atoms with Crippen molar-refractivity contribution in [1.29, 1.82) is 0 Å². The van der Waals surface area contributed by atoms with E-state index in [4.69, 9.17) is 5.11 Å². The molecular formula is C11H24BIO. The van der Waals surface area contributed by atoms with Crippen molar-refractivity contribution in [2.45, 2.75) is 64.2 Å². The van der Waals surface area contributed by atoms with Crippen LogP contribution in [0.15, 0.2) is 0 Å². The first-order valence-electron chi connectivity index (χ1n) is 5.90. The fourth-order valence-corrected chi connectivity index (χ4v) is 2.15. The summed E-state index contributed by atoms with van der Waals surface area (Å²) in [6, 6.07) is 0. The second kappa shape index (κ2) is 10.3. The highest BCUT2D eigenvalue weighted by atomic mass is 127. The van der Waals surface area contributed by atoms with Crippen LogP contribution in [-0.4, -0.2) is 22.9 Å². The fourth-order valence-electron chi connectivity index (χ4n) is 1.61. The molecule has 0 aliphatic carbocycles. The Bertz CT molecular complexity index is 120. The second-order valence-electron chi connectivity index (χ2n) is 4.42. The highest BCUT2D eigenvalue weighted by molar-refractivity contribution is 14.1. The van der Waals surface area contributed by atoms with Gasteiger partial charge in [-0.25, -0.2) is 0 Å². The first-order chi connectivity index (χ1) is 6.66. The van der Waals surface area contributed by atoms with Gasteiger partial charge in [0.15, 0.2) is 0 Å². The summed E-state index contributed by atoms with van der Waals surface area (Å²) in [6.07, 6.45) is 7.73. The van der Waals surface area contributed by atoms with Crippen molar-refractivity contribution in [2.24, 2.45) is 0 Å². The standard InChI is InChI=1S/C11H24BIO/c1-10(12-9-11(2)14)7-5-3-4-6-8-13/h10-12,14H,3-9H2,1-2H3. The molecule has 0 aromatic carbocycles. The van der Waals surface area contributed by atoms with Crippen molar-refractivity contribution in [3.63, 3.8) is 0 Å². The topological polar surface area (TPSA) is 20.2 Å². The number of unbranched alkanes of at least 4 members (excludes halogenated alkanes) is 3. The van der Waals surface area contributed by atoms with Crippen molar-refractivity contribution in [2.75, 3.05) is 4.43 Å². The molecule has 1 N–H and O–H groups in total. The van der Waals surface area contributed by atoms with E-state index in [9.17, 15) is 0 Å². The lowest BCUT2D eigenvalue weighted by atomic mass is 9.60. The van der Waals surface area contributed by atoms with E-state index in [-0.39, 0.29) is 6.10 Å². The normalized spacial score (nSPS) is 15.1. The average molecular weight is 310 g/mol. The SMILES string of the molecule is CC(O)CBC(C)CCCCCCI. The highest BCUT2D eigenvalue weighted by Crippen LogP contribution is 2.16. The van der Waals surface area contributed by atoms with Crippen molar-refractivity contribution in [3.05, 3.63) is 0 Å². The highest BCUT2D eigenvalue weighted by Gasteiger charge is 2.05. The smallest absolute Gasteiger partial charge is 0.126 e. The third-order valence-electron chi connectivity index (χ3n) is 2.66. The molecule has 14 heavy (non-hydrogen) atoms. The van der Waals surface area contributed by atoms with E-state index in [1.54, 1.807) is 0 Å². The Hall–Kier alpha value is 0.755. The summed E-state index contributed by atoms with van der Waals surface area (Å²) >= 11 is 2.45. The molecule has 0 aliphatic heterocycles. The lowest BCUT2D eigenvalue weighted by molar-refractivity contribution is 0.215. The van der Waals surface area contributed by atoms with Gasteiger partial charge in [-0.15, -0.1) is 0 Å². The first kappa shape index (κ1) is 14.8. The Balaban J connectivity index is 3.14. The number of aliphatic hydroxyl groups is 1. The van der Waals surface area contributed by atoms with Crippen LogP contribution in [0.4, 0.5) is 0 Å². The van der Waals surface area contributed by atoms with Crippen LogP contribution >= 0.6 is 22.6 Å². The van der Waals surface area contributed by atoms with Gasteiger partial charge in [0.05, 0.1) is 0 Å². The summed E-state index contributed by atoms with van der Waals surface area (Å²) in [5.74, 6) is 0.796. The molecule has 0 rings (SSSR count). The van der Waals surface area contributed by atoms with E-state index < -0.39 is 0 Å². The van der Waals surface area contributed by atoms with Crippen LogP contribution in [0.3, 0.4) is 0 Å². The zero-order chi connectivity index (χ0) is 10.8. The monoisotopic (exact) mass is 310 g/mol. The van der Waals surface area contributed by atoms with Crippen molar-refractivity contribution in [1.82, 2.24) is 0 Å². The molecule has 2 unspecified atom stereocenters. The maximum Gasteiger partial charge on any atom is 0.126 e. The predicted octanol–water partition coefficient (Wildman–Crippen LogP) is 3.42. The molecule has 0 aromatic rings. The molecule has 0 bridgehead atoms. The van der Waals surface area contributed by atoms with Gasteiger partial charge in [0.2, 0.25) is 0 Å². The third kappa shape index (κ3) is 10.8. The second-order valence-corrected chi connectivity index (χ2v) is 5.50. The van der Waals surface area contributed by atoms with Gasteiger partial charge >= 0.3 is 0 Å². The summed E-state index contributed by atoms with van der Waals surface area (Å²) in [5, 5.41) is 9.14. The van der Waals surface area contributed by atoms with Crippen LogP contribution < -0.4 is 0 Å². The molecule has 0 saturated heterocycles. The minimum absolute atomic E-state index is 0.114. The van der Waals surface area contributed by atoms with Crippen LogP contribution in [0.5, 0.6) is 0 Å². The zero-order valence-electron chi connectivity index (χ0n) is 9.64. The molecule has 3 heteroatoms. The summed E-state index contributed by atoms with van der Waals surface area (Å²) < 4.78 is 1.30. The zero-order valence-corrected chi connectivity index (χ0v) is 11.8. The van der Waals surface area contributed by atoms with Crippen molar-refractivity contribution < 1.29 is 5.11 Å². The number of aliphatic hydroxyl groups excluding tert-OH is 1. The van der Waals surface area contributed by atoms with Gasteiger partial charge in [-0.3, -0.25) is 0 Å². The Morgan fingerprint density at radius 3 is 2.36 bits per heavy atom. The number of hydrogen-bond acceptors (Lipinski definition) is 1. The molecular weight excluding hydrogens is 286 g/mol. The van der Waals surface area contributed by atoms with Gasteiger partial charge in [-0.1, -0.05) is 67.3 Å². The van der Waals surface area contributed by atoms with Gasteiger partial charge in [-0.2, -0.15) is 0 Å². The van der Waals surface area contributed by atoms with Crippen LogP contribution in [0.1, 0.15) is 46.0 Å². The summed E-state index contributed by atoms with van der Waals surface area (Å²) in [6.45, 7) is 4.19. The first-order valence-corrected chi connectivity index (χ1v) is 7.43. The molecule has 0 fully saturated rings. The fraction of sp³-hybridized carbons (Fsp3) is 1.00. The van der Waals surface area contributed by atoms with E-state index in [1.807, 2.05) is 6.92 Å². The van der Waals surface area contributed by atoms with Gasteiger partial charge in [-0.05, 0) is 17.8 Å². The molecule has 0 saturated carbocycles. The Morgan fingerprint density at radius 1 is 1.14 bits per heavy atom. The molecule has 0 radical (unpaired) electrons. The molecule has 0 spiro atoms. The molecule has 2 atom stereocenters. The van der Waals surface area contributed by atoms with Gasteiger partial charge in [0, 0.05) is 6.10 Å². The Labute approximate surface area is 103 Å². The maximum atomic E-state index is 9.14. The minimum atomic E-state index is -0.114. The van der Waals surface area contributed by atoms with Crippen molar-refractivity contribution >= 4 is 29.9 Å². The molecule has 1 nitrogen and oxygen atoms in total. The van der Waals surface area contributed by atoms with Crippen molar-refractivity contribution in [3.8, 4) is 0 Å². The van der Waals surface area contributed by atoms with Gasteiger partial charge in [0.25, 0.3) is 0 Å². The quantitative estimate of drug-likeness (QED) is 0.299. The predicted molar refractivity (Wildman–Crippen MR) is 75.0 cm³/mol. The average Bonchev–Trinajstić information content (AvgIpc) is 2.14. The number of rotatable bonds is 9. The Morgan fingerprint density at radius 2 is 1.79 bits per heavy atom. The maximum absolute atomic E-state index is 9.14. The molecule has 0 aromatic heterocycles. The molecule has 84 valence electrons. The van der Waals surface area contributed by atoms with E-state index in [1.165, 1.54) is 43.8 Å². The van der Waals surface area contributed by atoms with E-state index in [0.717, 1.165) is 12.1 Å². The van der Waals surface area contributed by atoms with Gasteiger partial charge < -0.3 is 5.11 Å². The van der Waals surface area contributed by atoms with Crippen LogP contribution in [-0.2, 0) is 0 Å². The summed E-state index contributed by atoms with van der Waals surface area (Å²) in [5.41, 5.74) is 0. The summed E-state index contributed by atoms with van der Waals surface area (Å²) in [7, 11) is 1.18. The van der Waals surface area contributed by atoms with Crippen LogP contribution in [0.25, 0.3) is 0 Å². The molecule has 0 amide bonds. The number of halogens is 1. The van der Waals surface area contributed by atoms with Gasteiger partial charge in [0.1, 0.15) is 7.28 Å². The molecule has 0 aliphatic rings. The summed E-state index contributed by atoms with van der Waals surface area (Å²) in [4.78, 5) is 0. The van der Waals surface area contributed by atoms with E-state index in [2.05, 4.69) is 29.5 Å². The van der Waals surface area contributed by atoms with Crippen LogP contribution in [0.2, 0.25) is 12.1 Å². The van der Waals surface area contributed by atoms with E-state index >= 15 is 0 Å². The molecule has 0 heterocycles.